The fraction of sp³-hybridized carbons (Fsp3) is 0.240. The van der Waals surface area contributed by atoms with Crippen molar-refractivity contribution in [1.29, 1.82) is 0 Å². The van der Waals surface area contributed by atoms with Gasteiger partial charge in [0, 0.05) is 23.5 Å². The number of anilines is 2. The van der Waals surface area contributed by atoms with Gasteiger partial charge in [-0.25, -0.2) is 8.42 Å². The number of aryl methyl sites for hydroxylation is 4. The number of nitrogens with one attached hydrogen (secondary N) is 1. The third kappa shape index (κ3) is 4.21. The first kappa shape index (κ1) is 21.1. The first-order chi connectivity index (χ1) is 14.8. The number of sulfonamides is 1. The Kier molecular flexibility index (Phi) is 5.58. The van der Waals surface area contributed by atoms with Crippen LogP contribution in [0.15, 0.2) is 65.6 Å². The van der Waals surface area contributed by atoms with Crippen LogP contribution in [0.4, 0.5) is 11.4 Å². The molecule has 0 saturated carbocycles. The summed E-state index contributed by atoms with van der Waals surface area (Å²) in [5.41, 5.74) is 5.67. The monoisotopic (exact) mass is 434 g/mol. The van der Waals surface area contributed by atoms with E-state index in [2.05, 4.69) is 4.72 Å². The molecule has 0 fully saturated rings. The Labute approximate surface area is 183 Å². The van der Waals surface area contributed by atoms with Crippen molar-refractivity contribution in [2.24, 2.45) is 0 Å². The van der Waals surface area contributed by atoms with E-state index in [0.717, 1.165) is 35.2 Å². The summed E-state index contributed by atoms with van der Waals surface area (Å²) in [6.45, 7) is 6.33. The van der Waals surface area contributed by atoms with Crippen molar-refractivity contribution in [3.05, 3.63) is 88.5 Å². The molecule has 160 valence electrons. The summed E-state index contributed by atoms with van der Waals surface area (Å²) in [7, 11) is -3.71. The summed E-state index contributed by atoms with van der Waals surface area (Å²) < 4.78 is 28.8. The molecule has 0 spiro atoms. The van der Waals surface area contributed by atoms with Crippen molar-refractivity contribution in [3.8, 4) is 0 Å². The zero-order valence-corrected chi connectivity index (χ0v) is 18.8. The minimum atomic E-state index is -3.71. The normalized spacial score (nSPS) is 13.6. The first-order valence-electron chi connectivity index (χ1n) is 10.4. The molecule has 5 nitrogen and oxygen atoms in total. The number of rotatable bonds is 4. The molecule has 1 aliphatic heterocycles. The average molecular weight is 435 g/mol. The molecule has 0 saturated heterocycles. The maximum Gasteiger partial charge on any atom is 0.262 e. The van der Waals surface area contributed by atoms with Crippen LogP contribution in [0, 0.1) is 20.8 Å². The van der Waals surface area contributed by atoms with Crippen LogP contribution in [0.5, 0.6) is 0 Å². The van der Waals surface area contributed by atoms with Gasteiger partial charge in [-0.05, 0) is 92.3 Å². The summed E-state index contributed by atoms with van der Waals surface area (Å²) in [5.74, 6) is -0.0411. The predicted molar refractivity (Wildman–Crippen MR) is 124 cm³/mol. The number of fused-ring (bicyclic) bond motifs is 1. The highest BCUT2D eigenvalue weighted by molar-refractivity contribution is 7.92. The van der Waals surface area contributed by atoms with Crippen LogP contribution < -0.4 is 9.62 Å². The lowest BCUT2D eigenvalue weighted by Crippen LogP contribution is -2.35. The van der Waals surface area contributed by atoms with Crippen LogP contribution in [-0.4, -0.2) is 20.9 Å². The van der Waals surface area contributed by atoms with Crippen molar-refractivity contribution in [3.63, 3.8) is 0 Å². The van der Waals surface area contributed by atoms with Crippen LogP contribution >= 0.6 is 0 Å². The van der Waals surface area contributed by atoms with E-state index in [9.17, 15) is 13.2 Å². The SMILES string of the molecule is Cc1cc(C)c(S(=O)(=O)Nc2ccc3c(c2)CCCN3C(=O)c2ccccc2)cc1C. The van der Waals surface area contributed by atoms with Gasteiger partial charge in [-0.15, -0.1) is 0 Å². The lowest BCUT2D eigenvalue weighted by atomic mass is 10.00. The largest absolute Gasteiger partial charge is 0.308 e. The van der Waals surface area contributed by atoms with Crippen molar-refractivity contribution in [2.75, 3.05) is 16.2 Å². The third-order valence-corrected chi connectivity index (χ3v) is 7.32. The number of hydrogen-bond acceptors (Lipinski definition) is 3. The van der Waals surface area contributed by atoms with Crippen LogP contribution in [-0.2, 0) is 16.4 Å². The van der Waals surface area contributed by atoms with Gasteiger partial charge in [0.1, 0.15) is 0 Å². The Morgan fingerprint density at radius 1 is 0.903 bits per heavy atom. The standard InChI is InChI=1S/C25H26N2O3S/c1-17-14-19(3)24(15-18(17)2)31(29,30)26-22-11-12-23-21(16-22)10-7-13-27(23)25(28)20-8-5-4-6-9-20/h4-6,8-9,11-12,14-16,26H,7,10,13H2,1-3H3. The summed E-state index contributed by atoms with van der Waals surface area (Å²) in [6.07, 6.45) is 1.63. The summed E-state index contributed by atoms with van der Waals surface area (Å²) in [4.78, 5) is 15.0. The van der Waals surface area contributed by atoms with Crippen molar-refractivity contribution >= 4 is 27.3 Å². The Morgan fingerprint density at radius 3 is 2.35 bits per heavy atom. The van der Waals surface area contributed by atoms with Crippen LogP contribution in [0.1, 0.15) is 39.0 Å². The molecule has 0 unspecified atom stereocenters. The highest BCUT2D eigenvalue weighted by Crippen LogP contribution is 2.32. The fourth-order valence-corrected chi connectivity index (χ4v) is 5.40. The molecule has 1 N–H and O–H groups in total. The Bertz CT molecular complexity index is 1250. The molecule has 0 aromatic heterocycles. The minimum Gasteiger partial charge on any atom is -0.308 e. The Morgan fingerprint density at radius 2 is 1.61 bits per heavy atom. The van der Waals surface area contributed by atoms with E-state index < -0.39 is 10.0 Å². The van der Waals surface area contributed by atoms with E-state index in [-0.39, 0.29) is 10.8 Å². The maximum absolute atomic E-state index is 13.0. The van der Waals surface area contributed by atoms with E-state index in [1.807, 2.05) is 62.4 Å². The average Bonchev–Trinajstić information content (AvgIpc) is 2.75. The van der Waals surface area contributed by atoms with E-state index in [1.165, 1.54) is 0 Å². The second-order valence-electron chi connectivity index (χ2n) is 8.08. The third-order valence-electron chi connectivity index (χ3n) is 5.80. The van der Waals surface area contributed by atoms with Crippen LogP contribution in [0.2, 0.25) is 0 Å². The molecule has 4 rings (SSSR count). The first-order valence-corrected chi connectivity index (χ1v) is 11.8. The molecule has 6 heteroatoms. The van der Waals surface area contributed by atoms with Crippen molar-refractivity contribution < 1.29 is 13.2 Å². The van der Waals surface area contributed by atoms with Gasteiger partial charge in [0.25, 0.3) is 15.9 Å². The summed E-state index contributed by atoms with van der Waals surface area (Å²) in [5, 5.41) is 0. The number of nitrogens with zero attached hydrogens (tertiary/aromatic N) is 1. The van der Waals surface area contributed by atoms with E-state index >= 15 is 0 Å². The lowest BCUT2D eigenvalue weighted by molar-refractivity contribution is 0.0985. The molecule has 1 heterocycles. The molecule has 0 aliphatic carbocycles. The van der Waals surface area contributed by atoms with E-state index in [0.29, 0.717) is 23.4 Å². The molecule has 0 atom stereocenters. The van der Waals surface area contributed by atoms with Crippen molar-refractivity contribution in [1.82, 2.24) is 0 Å². The summed E-state index contributed by atoms with van der Waals surface area (Å²) >= 11 is 0. The van der Waals surface area contributed by atoms with E-state index in [1.54, 1.807) is 24.0 Å². The quantitative estimate of drug-likeness (QED) is 0.628. The van der Waals surface area contributed by atoms with Gasteiger partial charge in [0.15, 0.2) is 0 Å². The smallest absolute Gasteiger partial charge is 0.262 e. The number of carbonyl (C=O) groups is 1. The van der Waals surface area contributed by atoms with Gasteiger partial charge in [-0.3, -0.25) is 9.52 Å². The number of carbonyl (C=O) groups excluding carboxylic acids is 1. The predicted octanol–water partition coefficient (Wildman–Crippen LogP) is 5.01. The molecule has 3 aromatic rings. The van der Waals surface area contributed by atoms with Gasteiger partial charge in [-0.1, -0.05) is 24.3 Å². The topological polar surface area (TPSA) is 66.5 Å². The van der Waals surface area contributed by atoms with Gasteiger partial charge in [0.2, 0.25) is 0 Å². The zero-order chi connectivity index (χ0) is 22.2. The Balaban J connectivity index is 1.63. The van der Waals surface area contributed by atoms with Gasteiger partial charge < -0.3 is 4.90 Å². The highest BCUT2D eigenvalue weighted by atomic mass is 32.2. The zero-order valence-electron chi connectivity index (χ0n) is 18.0. The molecule has 1 amide bonds. The Hall–Kier alpha value is -3.12. The molecule has 31 heavy (non-hydrogen) atoms. The number of amides is 1. The van der Waals surface area contributed by atoms with Crippen molar-refractivity contribution in [2.45, 2.75) is 38.5 Å². The van der Waals surface area contributed by atoms with Crippen LogP contribution in [0.25, 0.3) is 0 Å². The molecular formula is C25H26N2O3S. The maximum atomic E-state index is 13.0. The molecule has 0 radical (unpaired) electrons. The lowest BCUT2D eigenvalue weighted by Gasteiger charge is -2.30. The molecule has 0 bridgehead atoms. The molecule has 1 aliphatic rings. The number of benzene rings is 3. The fourth-order valence-electron chi connectivity index (χ4n) is 4.04. The molecular weight excluding hydrogens is 408 g/mol. The van der Waals surface area contributed by atoms with Crippen LogP contribution in [0.3, 0.4) is 0 Å². The molecule has 3 aromatic carbocycles. The van der Waals surface area contributed by atoms with Gasteiger partial charge in [-0.2, -0.15) is 0 Å². The van der Waals surface area contributed by atoms with Gasteiger partial charge >= 0.3 is 0 Å². The summed E-state index contributed by atoms with van der Waals surface area (Å²) in [6, 6.07) is 18.2. The number of hydrogen-bond donors (Lipinski definition) is 1. The minimum absolute atomic E-state index is 0.0411. The van der Waals surface area contributed by atoms with E-state index in [4.69, 9.17) is 0 Å². The van der Waals surface area contributed by atoms with Gasteiger partial charge in [0.05, 0.1) is 4.90 Å². The second-order valence-corrected chi connectivity index (χ2v) is 9.73. The second kappa shape index (κ2) is 8.19. The highest BCUT2D eigenvalue weighted by Gasteiger charge is 2.25.